The van der Waals surface area contributed by atoms with Gasteiger partial charge in [0.25, 0.3) is 0 Å². The number of benzene rings is 1. The van der Waals surface area contributed by atoms with Gasteiger partial charge in [-0.3, -0.25) is 0 Å². The lowest BCUT2D eigenvalue weighted by Gasteiger charge is -2.29. The molecular weight excluding hydrogens is 359 g/mol. The maximum atomic E-state index is 2.54. The number of allylic oxidation sites excluding steroid dienone is 2. The fourth-order valence-electron chi connectivity index (χ4n) is 1.98. The van der Waals surface area contributed by atoms with E-state index in [1.54, 1.807) is 0 Å². The Labute approximate surface area is 124 Å². The molecule has 0 saturated carbocycles. The van der Waals surface area contributed by atoms with Crippen LogP contribution in [0.25, 0.3) is 0 Å². The van der Waals surface area contributed by atoms with Crippen LogP contribution in [0.4, 0.5) is 0 Å². The lowest BCUT2D eigenvalue weighted by atomic mass is 10.0. The number of alkyl halides is 1. The van der Waals surface area contributed by atoms with Crippen molar-refractivity contribution in [1.82, 2.24) is 0 Å². The van der Waals surface area contributed by atoms with Crippen molar-refractivity contribution in [1.29, 1.82) is 0 Å². The fraction of sp³-hybridized carbons (Fsp3) is 0.286. The van der Waals surface area contributed by atoms with E-state index in [0.29, 0.717) is 0 Å². The molecule has 0 unspecified atom stereocenters. The molecule has 0 saturated heterocycles. The zero-order valence-corrected chi connectivity index (χ0v) is 13.6. The molecule has 3 rings (SSSR count). The SMILES string of the molecule is Cc1ccc2c(c1)SC1=CC[C@](C)(I)C=C1S2. The third kappa shape index (κ3) is 2.47. The van der Waals surface area contributed by atoms with E-state index in [1.807, 2.05) is 23.5 Å². The van der Waals surface area contributed by atoms with Crippen molar-refractivity contribution < 1.29 is 0 Å². The zero-order chi connectivity index (χ0) is 12.0. The summed E-state index contributed by atoms with van der Waals surface area (Å²) in [6.45, 7) is 4.46. The summed E-state index contributed by atoms with van der Waals surface area (Å²) in [5, 5.41) is 0. The van der Waals surface area contributed by atoms with E-state index in [1.165, 1.54) is 25.2 Å². The van der Waals surface area contributed by atoms with Gasteiger partial charge in [-0.15, -0.1) is 0 Å². The summed E-state index contributed by atoms with van der Waals surface area (Å²) >= 11 is 6.38. The Kier molecular flexibility index (Phi) is 3.12. The molecule has 1 aliphatic carbocycles. The first-order chi connectivity index (χ1) is 8.03. The summed E-state index contributed by atoms with van der Waals surface area (Å²) in [7, 11) is 0. The van der Waals surface area contributed by atoms with Crippen molar-refractivity contribution in [2.24, 2.45) is 0 Å². The second kappa shape index (κ2) is 4.35. The second-order valence-corrected chi connectivity index (χ2v) is 9.35. The Morgan fingerprint density at radius 1 is 1.18 bits per heavy atom. The second-order valence-electron chi connectivity index (χ2n) is 4.71. The van der Waals surface area contributed by atoms with Crippen molar-refractivity contribution in [3.05, 3.63) is 45.7 Å². The van der Waals surface area contributed by atoms with Gasteiger partial charge in [-0.25, -0.2) is 0 Å². The quantitative estimate of drug-likeness (QED) is 0.432. The summed E-state index contributed by atoms with van der Waals surface area (Å²) in [6, 6.07) is 6.75. The predicted molar refractivity (Wildman–Crippen MR) is 86.1 cm³/mol. The number of hydrogen-bond donors (Lipinski definition) is 0. The van der Waals surface area contributed by atoms with Crippen molar-refractivity contribution in [3.8, 4) is 0 Å². The van der Waals surface area contributed by atoms with Crippen LogP contribution in [0.2, 0.25) is 0 Å². The van der Waals surface area contributed by atoms with E-state index < -0.39 is 0 Å². The number of aryl methyl sites for hydroxylation is 1. The molecule has 0 fully saturated rings. The minimum absolute atomic E-state index is 0.284. The van der Waals surface area contributed by atoms with Gasteiger partial charge < -0.3 is 0 Å². The van der Waals surface area contributed by atoms with Gasteiger partial charge in [-0.1, -0.05) is 64.3 Å². The first-order valence-electron chi connectivity index (χ1n) is 5.62. The molecule has 0 spiro atoms. The van der Waals surface area contributed by atoms with Crippen LogP contribution in [0.15, 0.2) is 50.0 Å². The highest BCUT2D eigenvalue weighted by Crippen LogP contribution is 2.53. The van der Waals surface area contributed by atoms with Crippen molar-refractivity contribution in [2.75, 3.05) is 0 Å². The summed E-state index contributed by atoms with van der Waals surface area (Å²) in [4.78, 5) is 5.70. The fourth-order valence-corrected chi connectivity index (χ4v) is 5.24. The molecule has 0 N–H and O–H groups in total. The van der Waals surface area contributed by atoms with Gasteiger partial charge in [-0.2, -0.15) is 0 Å². The molecule has 1 aromatic carbocycles. The van der Waals surface area contributed by atoms with Gasteiger partial charge in [-0.05, 0) is 38.0 Å². The Hall–Kier alpha value is 0.130. The van der Waals surface area contributed by atoms with Crippen LogP contribution in [0.5, 0.6) is 0 Å². The van der Waals surface area contributed by atoms with Gasteiger partial charge in [0.2, 0.25) is 0 Å². The molecule has 0 nitrogen and oxygen atoms in total. The Morgan fingerprint density at radius 2 is 1.94 bits per heavy atom. The summed E-state index contributed by atoms with van der Waals surface area (Å²) in [6.07, 6.45) is 5.95. The van der Waals surface area contributed by atoms with Crippen molar-refractivity contribution in [3.63, 3.8) is 0 Å². The van der Waals surface area contributed by atoms with Crippen LogP contribution in [-0.2, 0) is 0 Å². The van der Waals surface area contributed by atoms with Crippen LogP contribution in [0, 0.1) is 6.92 Å². The largest absolute Gasteiger partial charge is 0.0881 e. The average molecular weight is 372 g/mol. The van der Waals surface area contributed by atoms with E-state index in [4.69, 9.17) is 0 Å². The highest BCUT2D eigenvalue weighted by molar-refractivity contribution is 14.1. The number of rotatable bonds is 0. The molecule has 0 aromatic heterocycles. The number of fused-ring (bicyclic) bond motifs is 2. The van der Waals surface area contributed by atoms with Gasteiger partial charge >= 0.3 is 0 Å². The minimum Gasteiger partial charge on any atom is -0.0881 e. The normalized spacial score (nSPS) is 26.8. The maximum absolute atomic E-state index is 2.54. The third-order valence-electron chi connectivity index (χ3n) is 2.90. The molecule has 0 amide bonds. The standard InChI is InChI=1S/C14H13IS2/c1-9-3-4-10-12(7-9)16-11-5-6-14(2,15)8-13(11)17-10/h3-5,7-8H,6H2,1-2H3/t14-/m0/s1. The van der Waals surface area contributed by atoms with Gasteiger partial charge in [0, 0.05) is 23.0 Å². The predicted octanol–water partition coefficient (Wildman–Crippen LogP) is 5.56. The molecule has 1 atom stereocenters. The summed E-state index contributed by atoms with van der Waals surface area (Å²) in [5.41, 5.74) is 1.35. The lowest BCUT2D eigenvalue weighted by Crippen LogP contribution is -2.15. The van der Waals surface area contributed by atoms with E-state index in [0.717, 1.165) is 6.42 Å². The van der Waals surface area contributed by atoms with Gasteiger partial charge in [0.05, 0.1) is 0 Å². The molecule has 1 aromatic rings. The van der Waals surface area contributed by atoms with E-state index in [2.05, 4.69) is 66.8 Å². The Bertz CT molecular complexity index is 541. The third-order valence-corrected chi connectivity index (χ3v) is 6.21. The van der Waals surface area contributed by atoms with Crippen LogP contribution in [0.3, 0.4) is 0 Å². The van der Waals surface area contributed by atoms with Gasteiger partial charge in [0.1, 0.15) is 0 Å². The first kappa shape index (κ1) is 12.2. The molecule has 17 heavy (non-hydrogen) atoms. The molecule has 0 bridgehead atoms. The first-order valence-corrected chi connectivity index (χ1v) is 8.33. The highest BCUT2D eigenvalue weighted by atomic mass is 127. The molecule has 3 heteroatoms. The summed E-state index contributed by atoms with van der Waals surface area (Å²) in [5.74, 6) is 0. The average Bonchev–Trinajstić information content (AvgIpc) is 2.26. The van der Waals surface area contributed by atoms with E-state index in [-0.39, 0.29) is 3.42 Å². The Balaban J connectivity index is 2.04. The smallest absolute Gasteiger partial charge is 0.0421 e. The lowest BCUT2D eigenvalue weighted by molar-refractivity contribution is 0.831. The number of halogens is 1. The van der Waals surface area contributed by atoms with Crippen molar-refractivity contribution >= 4 is 46.1 Å². The molecule has 0 radical (unpaired) electrons. The van der Waals surface area contributed by atoms with Crippen molar-refractivity contribution in [2.45, 2.75) is 33.5 Å². The highest BCUT2D eigenvalue weighted by Gasteiger charge is 2.27. The molecule has 88 valence electrons. The van der Waals surface area contributed by atoms with Crippen LogP contribution < -0.4 is 0 Å². The zero-order valence-electron chi connectivity index (χ0n) is 9.79. The van der Waals surface area contributed by atoms with Crippen LogP contribution >= 0.6 is 46.1 Å². The molecule has 1 aliphatic heterocycles. The summed E-state index contributed by atoms with van der Waals surface area (Å²) < 4.78 is 0.284. The van der Waals surface area contributed by atoms with E-state index in [9.17, 15) is 0 Å². The van der Waals surface area contributed by atoms with Crippen LogP contribution in [-0.4, -0.2) is 3.42 Å². The number of hydrogen-bond acceptors (Lipinski definition) is 2. The topological polar surface area (TPSA) is 0 Å². The number of thioether (sulfide) groups is 2. The van der Waals surface area contributed by atoms with E-state index >= 15 is 0 Å². The molecular formula is C14H13IS2. The monoisotopic (exact) mass is 372 g/mol. The van der Waals surface area contributed by atoms with Gasteiger partial charge in [0.15, 0.2) is 0 Å². The Morgan fingerprint density at radius 3 is 2.76 bits per heavy atom. The maximum Gasteiger partial charge on any atom is 0.0421 e. The molecule has 2 aliphatic rings. The molecule has 1 heterocycles. The van der Waals surface area contributed by atoms with Crippen LogP contribution in [0.1, 0.15) is 18.9 Å². The minimum atomic E-state index is 0.284.